The quantitative estimate of drug-likeness (QED) is 0.875. The van der Waals surface area contributed by atoms with Gasteiger partial charge in [0.15, 0.2) is 0 Å². The Bertz CT molecular complexity index is 632. The maximum Gasteiger partial charge on any atom is 0.253 e. The van der Waals surface area contributed by atoms with E-state index in [0.29, 0.717) is 18.6 Å². The van der Waals surface area contributed by atoms with Crippen molar-refractivity contribution in [3.8, 4) is 0 Å². The molecule has 2 bridgehead atoms. The Kier molecular flexibility index (Phi) is 7.07. The van der Waals surface area contributed by atoms with E-state index in [-0.39, 0.29) is 30.1 Å². The molecule has 2 amide bonds. The maximum absolute atomic E-state index is 12.8. The molecule has 0 spiro atoms. The monoisotopic (exact) mass is 379 g/mol. The molecule has 0 radical (unpaired) electrons. The summed E-state index contributed by atoms with van der Waals surface area (Å²) in [7, 11) is 1.82. The molecule has 2 aliphatic heterocycles. The van der Waals surface area contributed by atoms with Gasteiger partial charge in [0, 0.05) is 50.2 Å². The van der Waals surface area contributed by atoms with Crippen molar-refractivity contribution >= 4 is 24.2 Å². The number of hydrogen-bond donors (Lipinski definition) is 1. The fourth-order valence-corrected chi connectivity index (χ4v) is 3.86. The van der Waals surface area contributed by atoms with E-state index in [2.05, 4.69) is 5.32 Å². The predicted molar refractivity (Wildman–Crippen MR) is 105 cm³/mol. The summed E-state index contributed by atoms with van der Waals surface area (Å²) in [4.78, 5) is 28.5. The molecule has 1 N–H and O–H groups in total. The van der Waals surface area contributed by atoms with Gasteiger partial charge < -0.3 is 15.1 Å². The number of carbonyl (C=O) groups excluding carboxylic acids is 2. The molecule has 2 fully saturated rings. The number of halogens is 1. The van der Waals surface area contributed by atoms with Crippen LogP contribution in [0.2, 0.25) is 0 Å². The Morgan fingerprint density at radius 3 is 2.46 bits per heavy atom. The highest BCUT2D eigenvalue weighted by molar-refractivity contribution is 5.94. The van der Waals surface area contributed by atoms with Crippen molar-refractivity contribution < 1.29 is 9.59 Å². The summed E-state index contributed by atoms with van der Waals surface area (Å²) in [5.41, 5.74) is 1.78. The molecule has 2 saturated heterocycles. The summed E-state index contributed by atoms with van der Waals surface area (Å²) in [6.07, 6.45) is 3.45. The third-order valence-corrected chi connectivity index (χ3v) is 5.30. The van der Waals surface area contributed by atoms with E-state index < -0.39 is 0 Å². The van der Waals surface area contributed by atoms with Crippen molar-refractivity contribution in [3.63, 3.8) is 0 Å². The Morgan fingerprint density at radius 2 is 1.81 bits per heavy atom. The van der Waals surface area contributed by atoms with Crippen LogP contribution >= 0.6 is 12.4 Å². The number of likely N-dealkylation sites (tertiary alicyclic amines) is 1. The third kappa shape index (κ3) is 4.77. The minimum Gasteiger partial charge on any atom is -0.341 e. The number of amides is 2. The average Bonchev–Trinajstić information content (AvgIpc) is 2.93. The van der Waals surface area contributed by atoms with E-state index in [9.17, 15) is 9.59 Å². The Balaban J connectivity index is 0.00000243. The van der Waals surface area contributed by atoms with E-state index >= 15 is 0 Å². The molecule has 0 aliphatic carbocycles. The van der Waals surface area contributed by atoms with Crippen molar-refractivity contribution in [2.45, 2.75) is 51.7 Å². The van der Waals surface area contributed by atoms with Gasteiger partial charge in [0.1, 0.15) is 0 Å². The van der Waals surface area contributed by atoms with Crippen molar-refractivity contribution in [1.29, 1.82) is 0 Å². The van der Waals surface area contributed by atoms with E-state index in [1.165, 1.54) is 12.8 Å². The second kappa shape index (κ2) is 8.87. The predicted octanol–water partition coefficient (Wildman–Crippen LogP) is 2.69. The van der Waals surface area contributed by atoms with Gasteiger partial charge in [-0.3, -0.25) is 9.59 Å². The van der Waals surface area contributed by atoms with Gasteiger partial charge in [0.25, 0.3) is 5.91 Å². The second-order valence-electron chi connectivity index (χ2n) is 7.72. The van der Waals surface area contributed by atoms with Crippen LogP contribution in [0, 0.1) is 5.92 Å². The van der Waals surface area contributed by atoms with Gasteiger partial charge in [-0.05, 0) is 37.0 Å². The van der Waals surface area contributed by atoms with Crippen molar-refractivity contribution in [2.75, 3.05) is 20.1 Å². The summed E-state index contributed by atoms with van der Waals surface area (Å²) in [5, 5.41) is 3.61. The van der Waals surface area contributed by atoms with Crippen LogP contribution in [0.15, 0.2) is 24.3 Å². The fourth-order valence-electron chi connectivity index (χ4n) is 3.86. The topological polar surface area (TPSA) is 52.7 Å². The summed E-state index contributed by atoms with van der Waals surface area (Å²) in [6.45, 7) is 6.03. The average molecular weight is 380 g/mol. The van der Waals surface area contributed by atoms with E-state index in [0.717, 1.165) is 30.6 Å². The SMILES string of the molecule is CC(C)C(=O)N(C)Cc1ccc(C(=O)N2CCC3CCC(C2)N3)cc1.Cl. The van der Waals surface area contributed by atoms with Crippen LogP contribution in [-0.4, -0.2) is 53.8 Å². The van der Waals surface area contributed by atoms with Crippen LogP contribution in [0.5, 0.6) is 0 Å². The number of benzene rings is 1. The fraction of sp³-hybridized carbons (Fsp3) is 0.600. The lowest BCUT2D eigenvalue weighted by molar-refractivity contribution is -0.133. The molecule has 2 unspecified atom stereocenters. The third-order valence-electron chi connectivity index (χ3n) is 5.30. The number of hydrogen-bond acceptors (Lipinski definition) is 3. The van der Waals surface area contributed by atoms with Crippen LogP contribution in [0.4, 0.5) is 0 Å². The highest BCUT2D eigenvalue weighted by Gasteiger charge is 2.31. The smallest absolute Gasteiger partial charge is 0.253 e. The van der Waals surface area contributed by atoms with Gasteiger partial charge in [0.05, 0.1) is 0 Å². The lowest BCUT2D eigenvalue weighted by Crippen LogP contribution is -2.39. The van der Waals surface area contributed by atoms with Crippen molar-refractivity contribution in [1.82, 2.24) is 15.1 Å². The van der Waals surface area contributed by atoms with Crippen LogP contribution in [0.25, 0.3) is 0 Å². The summed E-state index contributed by atoms with van der Waals surface area (Å²) < 4.78 is 0. The second-order valence-corrected chi connectivity index (χ2v) is 7.72. The zero-order chi connectivity index (χ0) is 18.0. The number of nitrogens with zero attached hydrogens (tertiary/aromatic N) is 2. The van der Waals surface area contributed by atoms with Gasteiger partial charge >= 0.3 is 0 Å². The molecule has 5 nitrogen and oxygen atoms in total. The minimum atomic E-state index is -0.00201. The molecule has 2 heterocycles. The highest BCUT2D eigenvalue weighted by Crippen LogP contribution is 2.21. The molecule has 3 rings (SSSR count). The molecule has 1 aromatic rings. The first-order chi connectivity index (χ1) is 11.9. The maximum atomic E-state index is 12.8. The van der Waals surface area contributed by atoms with E-state index in [4.69, 9.17) is 0 Å². The van der Waals surface area contributed by atoms with Crippen LogP contribution in [0.3, 0.4) is 0 Å². The first-order valence-electron chi connectivity index (χ1n) is 9.33. The Labute approximate surface area is 162 Å². The number of fused-ring (bicyclic) bond motifs is 2. The molecule has 144 valence electrons. The molecule has 6 heteroatoms. The molecular weight excluding hydrogens is 350 g/mol. The standard InChI is InChI=1S/C20H29N3O2.ClH/c1-14(2)19(24)22(3)12-15-4-6-16(7-5-15)20(25)23-11-10-17-8-9-18(13-23)21-17;/h4-7,14,17-18,21H,8-13H2,1-3H3;1H. The first kappa shape index (κ1) is 20.7. The number of nitrogens with one attached hydrogen (secondary N) is 1. The highest BCUT2D eigenvalue weighted by atomic mass is 35.5. The number of carbonyl (C=O) groups is 2. The van der Waals surface area contributed by atoms with E-state index in [1.54, 1.807) is 4.90 Å². The molecule has 1 aromatic carbocycles. The summed E-state index contributed by atoms with van der Waals surface area (Å²) in [5.74, 6) is 0.248. The Morgan fingerprint density at radius 1 is 1.15 bits per heavy atom. The minimum absolute atomic E-state index is 0. The largest absolute Gasteiger partial charge is 0.341 e. The van der Waals surface area contributed by atoms with Gasteiger partial charge in [-0.25, -0.2) is 0 Å². The molecule has 0 aromatic heterocycles. The summed E-state index contributed by atoms with van der Waals surface area (Å²) in [6, 6.07) is 8.73. The van der Waals surface area contributed by atoms with Crippen LogP contribution in [0.1, 0.15) is 49.0 Å². The molecular formula is C20H30ClN3O2. The first-order valence-corrected chi connectivity index (χ1v) is 9.33. The molecule has 2 atom stereocenters. The summed E-state index contributed by atoms with van der Waals surface area (Å²) >= 11 is 0. The molecule has 26 heavy (non-hydrogen) atoms. The zero-order valence-electron chi connectivity index (χ0n) is 15.9. The number of rotatable bonds is 4. The zero-order valence-corrected chi connectivity index (χ0v) is 16.7. The van der Waals surface area contributed by atoms with Crippen molar-refractivity contribution in [3.05, 3.63) is 35.4 Å². The van der Waals surface area contributed by atoms with Gasteiger partial charge in [0.2, 0.25) is 5.91 Å². The van der Waals surface area contributed by atoms with Gasteiger partial charge in [-0.15, -0.1) is 12.4 Å². The normalized spacial score (nSPS) is 21.9. The van der Waals surface area contributed by atoms with Crippen LogP contribution < -0.4 is 5.32 Å². The lowest BCUT2D eigenvalue weighted by Gasteiger charge is -2.24. The lowest BCUT2D eigenvalue weighted by atomic mass is 10.1. The van der Waals surface area contributed by atoms with Gasteiger partial charge in [-0.2, -0.15) is 0 Å². The van der Waals surface area contributed by atoms with Gasteiger partial charge in [-0.1, -0.05) is 26.0 Å². The van der Waals surface area contributed by atoms with E-state index in [1.807, 2.05) is 50.1 Å². The van der Waals surface area contributed by atoms with Crippen LogP contribution in [-0.2, 0) is 11.3 Å². The van der Waals surface area contributed by atoms with Crippen molar-refractivity contribution in [2.24, 2.45) is 5.92 Å². The molecule has 2 aliphatic rings. The Hall–Kier alpha value is -1.59. The molecule has 0 saturated carbocycles.